The molecule has 1 fully saturated rings. The molecule has 1 amide bonds. The van der Waals surface area contributed by atoms with Crippen LogP contribution in [0.15, 0.2) is 36.7 Å². The van der Waals surface area contributed by atoms with E-state index in [0.29, 0.717) is 25.3 Å². The Morgan fingerprint density at radius 2 is 2.24 bits per heavy atom. The summed E-state index contributed by atoms with van der Waals surface area (Å²) >= 11 is 0. The maximum absolute atomic E-state index is 12.7. The number of rotatable bonds is 2. The molecule has 0 radical (unpaired) electrons. The SMILES string of the molecule is Cc1ccc(C(=O)N2CCOC[C@H]2c2cccn2C)cn1. The average molecular weight is 285 g/mol. The molecule has 21 heavy (non-hydrogen) atoms. The lowest BCUT2D eigenvalue weighted by molar-refractivity contribution is -0.00465. The first-order valence-electron chi connectivity index (χ1n) is 7.09. The van der Waals surface area contributed by atoms with Gasteiger partial charge in [-0.2, -0.15) is 0 Å². The molecule has 0 unspecified atom stereocenters. The molecular weight excluding hydrogens is 266 g/mol. The van der Waals surface area contributed by atoms with E-state index in [2.05, 4.69) is 4.98 Å². The summed E-state index contributed by atoms with van der Waals surface area (Å²) in [6.45, 7) is 3.62. The summed E-state index contributed by atoms with van der Waals surface area (Å²) in [6, 6.07) is 7.67. The molecule has 0 spiro atoms. The van der Waals surface area contributed by atoms with Crippen LogP contribution in [0.5, 0.6) is 0 Å². The molecular formula is C16H19N3O2. The third-order valence-corrected chi connectivity index (χ3v) is 3.87. The van der Waals surface area contributed by atoms with Crippen molar-refractivity contribution in [1.29, 1.82) is 0 Å². The van der Waals surface area contributed by atoms with Gasteiger partial charge in [0.25, 0.3) is 5.91 Å². The maximum atomic E-state index is 12.7. The van der Waals surface area contributed by atoms with E-state index in [1.165, 1.54) is 0 Å². The van der Waals surface area contributed by atoms with E-state index in [4.69, 9.17) is 4.74 Å². The van der Waals surface area contributed by atoms with E-state index in [0.717, 1.165) is 11.4 Å². The van der Waals surface area contributed by atoms with Crippen LogP contribution in [0.4, 0.5) is 0 Å². The van der Waals surface area contributed by atoms with Crippen LogP contribution in [0.25, 0.3) is 0 Å². The fraction of sp³-hybridized carbons (Fsp3) is 0.375. The van der Waals surface area contributed by atoms with Gasteiger partial charge in [-0.1, -0.05) is 0 Å². The van der Waals surface area contributed by atoms with Crippen LogP contribution in [-0.2, 0) is 11.8 Å². The van der Waals surface area contributed by atoms with Crippen LogP contribution in [-0.4, -0.2) is 40.1 Å². The molecule has 1 saturated heterocycles. The number of aryl methyl sites for hydroxylation is 2. The standard InChI is InChI=1S/C16H19N3O2/c1-12-5-6-13(10-17-12)16(20)19-8-9-21-11-15(19)14-4-3-7-18(14)2/h3-7,10,15H,8-9,11H2,1-2H3/t15-/m0/s1. The highest BCUT2D eigenvalue weighted by atomic mass is 16.5. The van der Waals surface area contributed by atoms with Gasteiger partial charge < -0.3 is 14.2 Å². The number of pyridine rings is 1. The van der Waals surface area contributed by atoms with Crippen LogP contribution >= 0.6 is 0 Å². The molecule has 0 bridgehead atoms. The molecule has 110 valence electrons. The number of hydrogen-bond acceptors (Lipinski definition) is 3. The van der Waals surface area contributed by atoms with Gasteiger partial charge in [-0.3, -0.25) is 9.78 Å². The highest BCUT2D eigenvalue weighted by molar-refractivity contribution is 5.94. The molecule has 0 aliphatic carbocycles. The number of amides is 1. The minimum atomic E-state index is -0.0486. The fourth-order valence-electron chi connectivity index (χ4n) is 2.67. The molecule has 5 nitrogen and oxygen atoms in total. The summed E-state index contributed by atoms with van der Waals surface area (Å²) in [5, 5.41) is 0. The highest BCUT2D eigenvalue weighted by Gasteiger charge is 2.30. The fourth-order valence-corrected chi connectivity index (χ4v) is 2.67. The lowest BCUT2D eigenvalue weighted by atomic mass is 10.1. The third kappa shape index (κ3) is 2.69. The minimum absolute atomic E-state index is 0.0111. The molecule has 3 heterocycles. The number of ether oxygens (including phenoxy) is 1. The van der Waals surface area contributed by atoms with Crippen LogP contribution in [0.1, 0.15) is 27.8 Å². The first-order valence-corrected chi connectivity index (χ1v) is 7.09. The van der Waals surface area contributed by atoms with Crippen LogP contribution < -0.4 is 0 Å². The van der Waals surface area contributed by atoms with Crippen molar-refractivity contribution >= 4 is 5.91 Å². The van der Waals surface area contributed by atoms with Gasteiger partial charge in [0.2, 0.25) is 0 Å². The molecule has 0 aromatic carbocycles. The van der Waals surface area contributed by atoms with Gasteiger partial charge in [0, 0.05) is 37.4 Å². The lowest BCUT2D eigenvalue weighted by Gasteiger charge is -2.36. The summed E-state index contributed by atoms with van der Waals surface area (Å²) < 4.78 is 7.61. The first-order chi connectivity index (χ1) is 10.2. The zero-order valence-electron chi connectivity index (χ0n) is 12.3. The van der Waals surface area contributed by atoms with Crippen molar-refractivity contribution in [3.8, 4) is 0 Å². The molecule has 1 aliphatic rings. The second-order valence-electron chi connectivity index (χ2n) is 5.32. The summed E-state index contributed by atoms with van der Waals surface area (Å²) in [5.41, 5.74) is 2.62. The smallest absolute Gasteiger partial charge is 0.256 e. The van der Waals surface area contributed by atoms with Gasteiger partial charge in [-0.05, 0) is 31.2 Å². The highest BCUT2D eigenvalue weighted by Crippen LogP contribution is 2.25. The topological polar surface area (TPSA) is 47.4 Å². The van der Waals surface area contributed by atoms with Gasteiger partial charge in [0.05, 0.1) is 24.8 Å². The van der Waals surface area contributed by atoms with Crippen molar-refractivity contribution in [3.05, 3.63) is 53.6 Å². The summed E-state index contributed by atoms with van der Waals surface area (Å²) in [6.07, 6.45) is 3.63. The predicted octanol–water partition coefficient (Wildman–Crippen LogP) is 1.94. The molecule has 5 heteroatoms. The van der Waals surface area contributed by atoms with Gasteiger partial charge in [0.15, 0.2) is 0 Å². The third-order valence-electron chi connectivity index (χ3n) is 3.87. The average Bonchev–Trinajstić information content (AvgIpc) is 2.93. The molecule has 3 rings (SSSR count). The first kappa shape index (κ1) is 13.8. The van der Waals surface area contributed by atoms with Crippen LogP contribution in [0.2, 0.25) is 0 Å². The largest absolute Gasteiger partial charge is 0.377 e. The van der Waals surface area contributed by atoms with Crippen molar-refractivity contribution < 1.29 is 9.53 Å². The Kier molecular flexibility index (Phi) is 3.75. The Bertz CT molecular complexity index is 633. The monoisotopic (exact) mass is 285 g/mol. The van der Waals surface area contributed by atoms with E-state index < -0.39 is 0 Å². The number of aromatic nitrogens is 2. The Hall–Kier alpha value is -2.14. The quantitative estimate of drug-likeness (QED) is 0.847. The Labute approximate surface area is 124 Å². The number of hydrogen-bond donors (Lipinski definition) is 0. The zero-order chi connectivity index (χ0) is 14.8. The Balaban J connectivity index is 1.89. The molecule has 1 aliphatic heterocycles. The number of nitrogens with zero attached hydrogens (tertiary/aromatic N) is 3. The Morgan fingerprint density at radius 3 is 2.90 bits per heavy atom. The number of carbonyl (C=O) groups is 1. The van der Waals surface area contributed by atoms with Crippen molar-refractivity contribution in [2.24, 2.45) is 7.05 Å². The second kappa shape index (κ2) is 5.69. The number of carbonyl (C=O) groups excluding carboxylic acids is 1. The van der Waals surface area contributed by atoms with Crippen LogP contribution in [0.3, 0.4) is 0 Å². The second-order valence-corrected chi connectivity index (χ2v) is 5.32. The van der Waals surface area contributed by atoms with Crippen LogP contribution in [0, 0.1) is 6.92 Å². The van der Waals surface area contributed by atoms with Gasteiger partial charge in [-0.25, -0.2) is 0 Å². The van der Waals surface area contributed by atoms with E-state index >= 15 is 0 Å². The predicted molar refractivity (Wildman–Crippen MR) is 79.0 cm³/mol. The normalized spacial score (nSPS) is 18.8. The molecule has 2 aromatic rings. The van der Waals surface area contributed by atoms with Crippen molar-refractivity contribution in [2.75, 3.05) is 19.8 Å². The van der Waals surface area contributed by atoms with Crippen molar-refractivity contribution in [3.63, 3.8) is 0 Å². The summed E-state index contributed by atoms with van der Waals surface area (Å²) in [7, 11) is 1.99. The summed E-state index contributed by atoms with van der Waals surface area (Å²) in [5.74, 6) is 0.0111. The molecule has 0 saturated carbocycles. The van der Waals surface area contributed by atoms with E-state index in [1.54, 1.807) is 6.20 Å². The molecule has 0 N–H and O–H groups in total. The Morgan fingerprint density at radius 1 is 1.38 bits per heavy atom. The maximum Gasteiger partial charge on any atom is 0.256 e. The molecule has 2 aromatic heterocycles. The van der Waals surface area contributed by atoms with Gasteiger partial charge >= 0.3 is 0 Å². The molecule has 1 atom stereocenters. The van der Waals surface area contributed by atoms with Crippen molar-refractivity contribution in [1.82, 2.24) is 14.5 Å². The lowest BCUT2D eigenvalue weighted by Crippen LogP contribution is -2.44. The van der Waals surface area contributed by atoms with E-state index in [1.807, 2.05) is 53.9 Å². The van der Waals surface area contributed by atoms with Crippen molar-refractivity contribution in [2.45, 2.75) is 13.0 Å². The summed E-state index contributed by atoms with van der Waals surface area (Å²) in [4.78, 5) is 18.8. The van der Waals surface area contributed by atoms with Gasteiger partial charge in [0.1, 0.15) is 0 Å². The minimum Gasteiger partial charge on any atom is -0.377 e. The zero-order valence-corrected chi connectivity index (χ0v) is 12.3. The number of morpholine rings is 1. The van der Waals surface area contributed by atoms with E-state index in [9.17, 15) is 4.79 Å². The van der Waals surface area contributed by atoms with E-state index in [-0.39, 0.29) is 11.9 Å². The van der Waals surface area contributed by atoms with Gasteiger partial charge in [-0.15, -0.1) is 0 Å².